The van der Waals surface area contributed by atoms with E-state index in [1.807, 2.05) is 38.1 Å². The second kappa shape index (κ2) is 11.3. The molecule has 0 atom stereocenters. The third-order valence-corrected chi connectivity index (χ3v) is 5.94. The van der Waals surface area contributed by atoms with E-state index >= 15 is 0 Å². The first kappa shape index (κ1) is 26.6. The van der Waals surface area contributed by atoms with E-state index in [1.165, 1.54) is 32.1 Å². The summed E-state index contributed by atoms with van der Waals surface area (Å²) in [7, 11) is 0. The number of hydrogen-bond acceptors (Lipinski definition) is 6. The highest BCUT2D eigenvalue weighted by Gasteiger charge is 2.17. The fraction of sp³-hybridized carbons (Fsp3) is 0.133. The van der Waals surface area contributed by atoms with E-state index in [0.29, 0.717) is 16.3 Å². The van der Waals surface area contributed by atoms with Crippen LogP contribution in [0.5, 0.6) is 11.5 Å². The van der Waals surface area contributed by atoms with Crippen molar-refractivity contribution in [3.8, 4) is 22.6 Å². The molecule has 0 saturated carbocycles. The van der Waals surface area contributed by atoms with E-state index < -0.39 is 17.8 Å². The Morgan fingerprint density at radius 1 is 0.921 bits per heavy atom. The molecular formula is C30H25ClN2O5. The predicted octanol–water partition coefficient (Wildman–Crippen LogP) is 6.67. The molecular weight excluding hydrogens is 504 g/mol. The number of amides is 1. The fourth-order valence-corrected chi connectivity index (χ4v) is 4.39. The van der Waals surface area contributed by atoms with E-state index in [4.69, 9.17) is 21.1 Å². The Labute approximate surface area is 225 Å². The van der Waals surface area contributed by atoms with Gasteiger partial charge in [-0.05, 0) is 55.3 Å². The van der Waals surface area contributed by atoms with E-state index in [1.54, 1.807) is 24.4 Å². The van der Waals surface area contributed by atoms with Crippen molar-refractivity contribution in [2.45, 2.75) is 27.7 Å². The largest absolute Gasteiger partial charge is 0.423 e. The van der Waals surface area contributed by atoms with Gasteiger partial charge >= 0.3 is 11.9 Å². The lowest BCUT2D eigenvalue weighted by Crippen LogP contribution is -2.10. The van der Waals surface area contributed by atoms with Gasteiger partial charge in [-0.2, -0.15) is 0 Å². The summed E-state index contributed by atoms with van der Waals surface area (Å²) >= 11 is 6.57. The van der Waals surface area contributed by atoms with Crippen LogP contribution in [0.2, 0.25) is 5.02 Å². The van der Waals surface area contributed by atoms with Crippen LogP contribution in [-0.4, -0.2) is 22.8 Å². The van der Waals surface area contributed by atoms with Crippen LogP contribution in [0.3, 0.4) is 0 Å². The quantitative estimate of drug-likeness (QED) is 0.170. The standard InChI is InChI=1S/C30H25ClN2O5/c1-17-13-18(2)30-23(14-17)29(22-7-5-6-8-24(22)31)25(16-32-30)33-28(36)12-10-21-9-11-26(37-19(3)34)27(15-21)38-20(4)35/h5-16H,1-4H3,(H,33,36). The van der Waals surface area contributed by atoms with Crippen LogP contribution < -0.4 is 14.8 Å². The maximum absolute atomic E-state index is 13.0. The summed E-state index contributed by atoms with van der Waals surface area (Å²) in [5.74, 6) is -1.35. The summed E-state index contributed by atoms with van der Waals surface area (Å²) < 4.78 is 10.2. The molecule has 0 unspecified atom stereocenters. The van der Waals surface area contributed by atoms with Gasteiger partial charge in [-0.25, -0.2) is 0 Å². The van der Waals surface area contributed by atoms with Gasteiger partial charge in [0.05, 0.1) is 17.4 Å². The lowest BCUT2D eigenvalue weighted by atomic mass is 9.96. The van der Waals surface area contributed by atoms with Crippen LogP contribution in [-0.2, 0) is 14.4 Å². The smallest absolute Gasteiger partial charge is 0.308 e. The molecule has 38 heavy (non-hydrogen) atoms. The van der Waals surface area contributed by atoms with Crippen LogP contribution in [0.15, 0.2) is 66.9 Å². The molecule has 4 rings (SSSR count). The predicted molar refractivity (Wildman–Crippen MR) is 148 cm³/mol. The Kier molecular flexibility index (Phi) is 7.88. The van der Waals surface area contributed by atoms with E-state index in [2.05, 4.69) is 16.4 Å². The molecule has 0 spiro atoms. The molecule has 1 N–H and O–H groups in total. The Morgan fingerprint density at radius 2 is 1.63 bits per heavy atom. The topological polar surface area (TPSA) is 94.6 Å². The van der Waals surface area contributed by atoms with Gasteiger partial charge < -0.3 is 14.8 Å². The van der Waals surface area contributed by atoms with Crippen molar-refractivity contribution in [2.75, 3.05) is 5.32 Å². The van der Waals surface area contributed by atoms with Crippen LogP contribution in [0, 0.1) is 13.8 Å². The zero-order valence-corrected chi connectivity index (χ0v) is 22.1. The van der Waals surface area contributed by atoms with Gasteiger partial charge in [-0.15, -0.1) is 0 Å². The van der Waals surface area contributed by atoms with Crippen LogP contribution in [0.25, 0.3) is 28.1 Å². The van der Waals surface area contributed by atoms with Crippen molar-refractivity contribution in [1.82, 2.24) is 4.98 Å². The van der Waals surface area contributed by atoms with E-state index in [-0.39, 0.29) is 11.5 Å². The first-order chi connectivity index (χ1) is 18.1. The summed E-state index contributed by atoms with van der Waals surface area (Å²) in [6, 6.07) is 16.2. The van der Waals surface area contributed by atoms with Crippen molar-refractivity contribution < 1.29 is 23.9 Å². The van der Waals surface area contributed by atoms with Gasteiger partial charge in [-0.3, -0.25) is 19.4 Å². The van der Waals surface area contributed by atoms with Gasteiger partial charge in [-0.1, -0.05) is 47.5 Å². The van der Waals surface area contributed by atoms with Crippen LogP contribution in [0.4, 0.5) is 5.69 Å². The second-order valence-corrected chi connectivity index (χ2v) is 9.13. The maximum atomic E-state index is 13.0. The number of aromatic nitrogens is 1. The zero-order valence-electron chi connectivity index (χ0n) is 21.3. The highest BCUT2D eigenvalue weighted by molar-refractivity contribution is 6.34. The summed E-state index contributed by atoms with van der Waals surface area (Å²) in [6.45, 7) is 6.49. The molecule has 0 fully saturated rings. The number of nitrogens with one attached hydrogen (secondary N) is 1. The number of ether oxygens (including phenoxy) is 2. The molecule has 0 aliphatic carbocycles. The molecule has 0 aliphatic rings. The number of esters is 2. The third-order valence-electron chi connectivity index (χ3n) is 5.61. The SMILES string of the molecule is CC(=O)Oc1ccc(C=CC(=O)Nc2cnc3c(C)cc(C)cc3c2-c2ccccc2Cl)cc1OC(C)=O. The number of benzene rings is 3. The summed E-state index contributed by atoms with van der Waals surface area (Å²) in [5, 5.41) is 4.35. The van der Waals surface area contributed by atoms with Crippen molar-refractivity contribution in [3.63, 3.8) is 0 Å². The number of hydrogen-bond donors (Lipinski definition) is 1. The molecule has 8 heteroatoms. The Bertz CT molecular complexity index is 1610. The van der Waals surface area contributed by atoms with E-state index in [9.17, 15) is 14.4 Å². The molecule has 4 aromatic rings. The van der Waals surface area contributed by atoms with Crippen molar-refractivity contribution in [2.24, 2.45) is 0 Å². The molecule has 0 radical (unpaired) electrons. The summed E-state index contributed by atoms with van der Waals surface area (Å²) in [6.07, 6.45) is 4.53. The monoisotopic (exact) mass is 528 g/mol. The van der Waals surface area contributed by atoms with Crippen molar-refractivity contribution in [1.29, 1.82) is 0 Å². The number of anilines is 1. The first-order valence-electron chi connectivity index (χ1n) is 11.8. The highest BCUT2D eigenvalue weighted by Crippen LogP contribution is 2.39. The van der Waals surface area contributed by atoms with Crippen molar-refractivity contribution in [3.05, 3.63) is 88.6 Å². The molecule has 1 aromatic heterocycles. The highest BCUT2D eigenvalue weighted by atomic mass is 35.5. The molecule has 0 aliphatic heterocycles. The number of fused-ring (bicyclic) bond motifs is 1. The third kappa shape index (κ3) is 6.07. The van der Waals surface area contributed by atoms with Crippen LogP contribution >= 0.6 is 11.6 Å². The minimum absolute atomic E-state index is 0.0701. The molecule has 1 amide bonds. The van der Waals surface area contributed by atoms with Gasteiger partial charge in [0.2, 0.25) is 5.91 Å². The van der Waals surface area contributed by atoms with Crippen molar-refractivity contribution >= 4 is 52.1 Å². The van der Waals surface area contributed by atoms with Gasteiger partial charge in [0.15, 0.2) is 11.5 Å². The lowest BCUT2D eigenvalue weighted by Gasteiger charge is -2.16. The molecule has 3 aromatic carbocycles. The molecule has 192 valence electrons. The Balaban J connectivity index is 1.69. The van der Waals surface area contributed by atoms with Crippen LogP contribution in [0.1, 0.15) is 30.5 Å². The number of halogens is 1. The van der Waals surface area contributed by atoms with Gasteiger partial charge in [0, 0.05) is 41.5 Å². The average molecular weight is 529 g/mol. The number of pyridine rings is 1. The molecule has 1 heterocycles. The van der Waals surface area contributed by atoms with Gasteiger partial charge in [0.25, 0.3) is 0 Å². The molecule has 7 nitrogen and oxygen atoms in total. The Hall–Kier alpha value is -4.49. The maximum Gasteiger partial charge on any atom is 0.308 e. The average Bonchev–Trinajstić information content (AvgIpc) is 2.84. The first-order valence-corrected chi connectivity index (χ1v) is 12.1. The fourth-order valence-electron chi connectivity index (χ4n) is 4.16. The molecule has 0 saturated heterocycles. The normalized spacial score (nSPS) is 11.0. The zero-order chi connectivity index (χ0) is 27.4. The minimum Gasteiger partial charge on any atom is -0.423 e. The number of nitrogens with zero attached hydrogens (tertiary/aromatic N) is 1. The van der Waals surface area contributed by atoms with E-state index in [0.717, 1.165) is 33.2 Å². The second-order valence-electron chi connectivity index (χ2n) is 8.72. The summed E-state index contributed by atoms with van der Waals surface area (Å²) in [5.41, 5.74) is 5.53. The number of rotatable bonds is 6. The number of aryl methyl sites for hydroxylation is 2. The summed E-state index contributed by atoms with van der Waals surface area (Å²) in [4.78, 5) is 40.4. The number of carbonyl (C=O) groups is 3. The number of carbonyl (C=O) groups excluding carboxylic acids is 3. The molecule has 0 bridgehead atoms. The Morgan fingerprint density at radius 3 is 2.34 bits per heavy atom. The minimum atomic E-state index is -0.571. The lowest BCUT2D eigenvalue weighted by molar-refractivity contribution is -0.134. The van der Waals surface area contributed by atoms with Gasteiger partial charge in [0.1, 0.15) is 0 Å².